The quantitative estimate of drug-likeness (QED) is 0.480. The van der Waals surface area contributed by atoms with Crippen LogP contribution in [0.25, 0.3) is 0 Å². The van der Waals surface area contributed by atoms with Gasteiger partial charge < -0.3 is 15.0 Å². The summed E-state index contributed by atoms with van der Waals surface area (Å²) in [6.07, 6.45) is 6.86. The van der Waals surface area contributed by atoms with Crippen molar-refractivity contribution in [2.24, 2.45) is 0 Å². The van der Waals surface area contributed by atoms with Crippen LogP contribution in [0.5, 0.6) is 0 Å². The zero-order valence-electron chi connectivity index (χ0n) is 15.3. The average Bonchev–Trinajstić information content (AvgIpc) is 2.69. The van der Waals surface area contributed by atoms with Crippen LogP contribution in [0, 0.1) is 11.3 Å². The van der Waals surface area contributed by atoms with E-state index in [9.17, 15) is 14.9 Å². The number of rotatable bonds is 6. The van der Waals surface area contributed by atoms with E-state index in [0.717, 1.165) is 25.7 Å². The van der Waals surface area contributed by atoms with Gasteiger partial charge in [-0.2, -0.15) is 5.26 Å². The molecule has 1 aromatic carbocycles. The SMILES string of the molecule is CCOC(=O)c1ccc(N/C=C(/C#N)C(=O)N(C)C2CCCCC2)cc1. The van der Waals surface area contributed by atoms with Crippen molar-refractivity contribution in [1.29, 1.82) is 5.26 Å². The Labute approximate surface area is 154 Å². The van der Waals surface area contributed by atoms with Crippen molar-refractivity contribution >= 4 is 17.6 Å². The number of ether oxygens (including phenoxy) is 1. The molecule has 0 aliphatic heterocycles. The molecule has 1 aliphatic rings. The molecule has 0 heterocycles. The van der Waals surface area contributed by atoms with Gasteiger partial charge in [-0.05, 0) is 44.0 Å². The molecular weight excluding hydrogens is 330 g/mol. The molecule has 2 rings (SSSR count). The fraction of sp³-hybridized carbons (Fsp3) is 0.450. The van der Waals surface area contributed by atoms with E-state index in [1.807, 2.05) is 6.07 Å². The Morgan fingerprint density at radius 1 is 1.27 bits per heavy atom. The maximum Gasteiger partial charge on any atom is 0.338 e. The van der Waals surface area contributed by atoms with Gasteiger partial charge in [0.2, 0.25) is 0 Å². The molecule has 0 saturated heterocycles. The molecule has 0 atom stereocenters. The van der Waals surface area contributed by atoms with Crippen LogP contribution in [0.1, 0.15) is 49.4 Å². The second-order valence-corrected chi connectivity index (χ2v) is 6.32. The summed E-state index contributed by atoms with van der Waals surface area (Å²) in [4.78, 5) is 25.9. The van der Waals surface area contributed by atoms with Crippen LogP contribution in [0.3, 0.4) is 0 Å². The highest BCUT2D eigenvalue weighted by atomic mass is 16.5. The van der Waals surface area contributed by atoms with Crippen molar-refractivity contribution in [2.75, 3.05) is 19.0 Å². The highest BCUT2D eigenvalue weighted by molar-refractivity contribution is 5.97. The van der Waals surface area contributed by atoms with Gasteiger partial charge in [0, 0.05) is 25.0 Å². The fourth-order valence-corrected chi connectivity index (χ4v) is 3.04. The predicted molar refractivity (Wildman–Crippen MR) is 99.4 cm³/mol. The molecule has 0 aromatic heterocycles. The minimum Gasteiger partial charge on any atom is -0.462 e. The highest BCUT2D eigenvalue weighted by Crippen LogP contribution is 2.22. The van der Waals surface area contributed by atoms with Crippen molar-refractivity contribution in [3.05, 3.63) is 41.6 Å². The molecule has 1 fully saturated rings. The molecule has 26 heavy (non-hydrogen) atoms. The van der Waals surface area contributed by atoms with E-state index in [1.54, 1.807) is 43.1 Å². The largest absolute Gasteiger partial charge is 0.462 e. The Hall–Kier alpha value is -2.81. The lowest BCUT2D eigenvalue weighted by atomic mass is 9.94. The summed E-state index contributed by atoms with van der Waals surface area (Å²) in [6.45, 7) is 2.08. The third-order valence-electron chi connectivity index (χ3n) is 4.57. The van der Waals surface area contributed by atoms with Gasteiger partial charge in [0.15, 0.2) is 0 Å². The van der Waals surface area contributed by atoms with Crippen LogP contribution in [0.15, 0.2) is 36.0 Å². The molecule has 6 nitrogen and oxygen atoms in total. The minimum absolute atomic E-state index is 0.0625. The Morgan fingerprint density at radius 2 is 1.92 bits per heavy atom. The third-order valence-corrected chi connectivity index (χ3v) is 4.57. The van der Waals surface area contributed by atoms with Crippen LogP contribution < -0.4 is 5.32 Å². The topological polar surface area (TPSA) is 82.4 Å². The maximum atomic E-state index is 12.5. The molecule has 0 bridgehead atoms. The number of esters is 1. The predicted octanol–water partition coefficient (Wildman–Crippen LogP) is 3.47. The summed E-state index contributed by atoms with van der Waals surface area (Å²) in [5, 5.41) is 12.3. The smallest absolute Gasteiger partial charge is 0.338 e. The van der Waals surface area contributed by atoms with E-state index in [2.05, 4.69) is 5.32 Å². The number of nitrogens with zero attached hydrogens (tertiary/aromatic N) is 2. The van der Waals surface area contributed by atoms with Crippen LogP contribution in [-0.2, 0) is 9.53 Å². The van der Waals surface area contributed by atoms with E-state index in [0.29, 0.717) is 17.9 Å². The summed E-state index contributed by atoms with van der Waals surface area (Å²) in [6, 6.07) is 8.85. The van der Waals surface area contributed by atoms with Crippen LogP contribution in [0.4, 0.5) is 5.69 Å². The van der Waals surface area contributed by atoms with Crippen molar-refractivity contribution in [1.82, 2.24) is 4.90 Å². The van der Waals surface area contributed by atoms with E-state index in [1.165, 1.54) is 12.6 Å². The molecule has 1 saturated carbocycles. The van der Waals surface area contributed by atoms with Crippen LogP contribution in [0.2, 0.25) is 0 Å². The Balaban J connectivity index is 2.01. The minimum atomic E-state index is -0.378. The number of amides is 1. The van der Waals surface area contributed by atoms with Gasteiger partial charge in [0.05, 0.1) is 12.2 Å². The first-order valence-corrected chi connectivity index (χ1v) is 8.98. The highest BCUT2D eigenvalue weighted by Gasteiger charge is 2.24. The lowest BCUT2D eigenvalue weighted by Gasteiger charge is -2.31. The second-order valence-electron chi connectivity index (χ2n) is 6.32. The zero-order valence-corrected chi connectivity index (χ0v) is 15.3. The van der Waals surface area contributed by atoms with E-state index >= 15 is 0 Å². The standard InChI is InChI=1S/C20H25N3O3/c1-3-26-20(25)15-9-11-17(12-10-15)22-14-16(13-21)19(24)23(2)18-7-5-4-6-8-18/h9-12,14,18,22H,3-8H2,1-2H3/b16-14-. The van der Waals surface area contributed by atoms with Gasteiger partial charge >= 0.3 is 5.97 Å². The van der Waals surface area contributed by atoms with E-state index in [4.69, 9.17) is 4.74 Å². The van der Waals surface area contributed by atoms with Gasteiger partial charge in [-0.25, -0.2) is 4.79 Å². The van der Waals surface area contributed by atoms with Gasteiger partial charge in [0.1, 0.15) is 11.6 Å². The lowest BCUT2D eigenvalue weighted by molar-refractivity contribution is -0.128. The van der Waals surface area contributed by atoms with E-state index in [-0.39, 0.29) is 23.5 Å². The number of nitriles is 1. The Kier molecular flexibility index (Phi) is 7.22. The van der Waals surface area contributed by atoms with Gasteiger partial charge in [-0.1, -0.05) is 19.3 Å². The third kappa shape index (κ3) is 5.09. The summed E-state index contributed by atoms with van der Waals surface area (Å²) >= 11 is 0. The number of hydrogen-bond donors (Lipinski definition) is 1. The molecule has 0 spiro atoms. The van der Waals surface area contributed by atoms with Gasteiger partial charge in [-0.15, -0.1) is 0 Å². The maximum absolute atomic E-state index is 12.5. The van der Waals surface area contributed by atoms with Gasteiger partial charge in [0.25, 0.3) is 5.91 Å². The lowest BCUT2D eigenvalue weighted by Crippen LogP contribution is -2.39. The number of nitrogens with one attached hydrogen (secondary N) is 1. The second kappa shape index (κ2) is 9.62. The molecule has 1 aliphatic carbocycles. The Bertz CT molecular complexity index is 698. The van der Waals surface area contributed by atoms with E-state index < -0.39 is 0 Å². The first-order chi connectivity index (χ1) is 12.6. The summed E-state index contributed by atoms with van der Waals surface area (Å²) in [5.74, 6) is -0.647. The van der Waals surface area contributed by atoms with Crippen molar-refractivity contribution < 1.29 is 14.3 Å². The van der Waals surface area contributed by atoms with Crippen molar-refractivity contribution in [2.45, 2.75) is 45.1 Å². The summed E-state index contributed by atoms with van der Waals surface area (Å²) in [7, 11) is 1.76. The number of carbonyl (C=O) groups excluding carboxylic acids is 2. The van der Waals surface area contributed by atoms with Crippen LogP contribution >= 0.6 is 0 Å². The fourth-order valence-electron chi connectivity index (χ4n) is 3.04. The van der Waals surface area contributed by atoms with Gasteiger partial charge in [-0.3, -0.25) is 4.79 Å². The summed E-state index contributed by atoms with van der Waals surface area (Å²) < 4.78 is 4.93. The monoisotopic (exact) mass is 355 g/mol. The van der Waals surface area contributed by atoms with Crippen molar-refractivity contribution in [3.8, 4) is 6.07 Å². The normalized spacial score (nSPS) is 15.0. The first kappa shape index (κ1) is 19.5. The molecule has 6 heteroatoms. The molecule has 1 N–H and O–H groups in total. The first-order valence-electron chi connectivity index (χ1n) is 8.98. The number of hydrogen-bond acceptors (Lipinski definition) is 5. The zero-order chi connectivity index (χ0) is 18.9. The molecule has 1 aromatic rings. The van der Waals surface area contributed by atoms with Crippen molar-refractivity contribution in [3.63, 3.8) is 0 Å². The molecule has 1 amide bonds. The Morgan fingerprint density at radius 3 is 2.50 bits per heavy atom. The molecule has 138 valence electrons. The number of likely N-dealkylation sites (N-methyl/N-ethyl adjacent to an activating group) is 1. The molecular formula is C20H25N3O3. The number of benzene rings is 1. The summed E-state index contributed by atoms with van der Waals surface area (Å²) in [5.41, 5.74) is 1.20. The van der Waals surface area contributed by atoms with Crippen LogP contribution in [-0.4, -0.2) is 36.5 Å². The molecule has 0 unspecified atom stereocenters. The number of anilines is 1. The molecule has 0 radical (unpaired) electrons. The number of carbonyl (C=O) groups is 2. The average molecular weight is 355 g/mol.